The summed E-state index contributed by atoms with van der Waals surface area (Å²) in [4.78, 5) is 0. The third-order valence-corrected chi connectivity index (χ3v) is 2.39. The monoisotopic (exact) mass is 203 g/mol. The van der Waals surface area contributed by atoms with Crippen LogP contribution in [-0.4, -0.2) is 12.5 Å². The van der Waals surface area contributed by atoms with Crippen LogP contribution in [0.4, 0.5) is 14.5 Å². The largest absolute Gasteiger partial charge is 0.378 e. The molecule has 0 amide bonds. The van der Waals surface area contributed by atoms with Gasteiger partial charge >= 0.3 is 0 Å². The van der Waals surface area contributed by atoms with Crippen molar-refractivity contribution in [1.29, 1.82) is 0 Å². The molecule has 0 saturated carbocycles. The summed E-state index contributed by atoms with van der Waals surface area (Å²) >= 11 is 5.83. The minimum Gasteiger partial charge on any atom is -0.378 e. The Morgan fingerprint density at radius 2 is 2.15 bits per heavy atom. The van der Waals surface area contributed by atoms with Gasteiger partial charge in [0.1, 0.15) is 0 Å². The maximum Gasteiger partial charge on any atom is 0.269 e. The summed E-state index contributed by atoms with van der Waals surface area (Å²) in [6.45, 7) is -0.330. The standard InChI is InChI=1S/C9H8ClF2N/c10-7-3-1-2-6-4-9(11,12)5-13-8(6)7/h1-3,13H,4-5H2. The molecule has 0 atom stereocenters. The molecule has 1 N–H and O–H groups in total. The SMILES string of the molecule is FC1(F)CNc2c(Cl)cccc2C1. The first-order valence-electron chi connectivity index (χ1n) is 3.98. The van der Waals surface area contributed by atoms with Gasteiger partial charge < -0.3 is 5.32 Å². The zero-order chi connectivity index (χ0) is 9.47. The van der Waals surface area contributed by atoms with Gasteiger partial charge in [0.15, 0.2) is 0 Å². The molecule has 1 aromatic rings. The Morgan fingerprint density at radius 3 is 2.92 bits per heavy atom. The maximum absolute atomic E-state index is 12.9. The van der Waals surface area contributed by atoms with Crippen LogP contribution >= 0.6 is 11.6 Å². The molecule has 1 aliphatic rings. The molecule has 2 rings (SSSR count). The fourth-order valence-electron chi connectivity index (χ4n) is 1.47. The van der Waals surface area contributed by atoms with Crippen LogP contribution in [0.15, 0.2) is 18.2 Å². The Hall–Kier alpha value is -0.830. The number of alkyl halides is 2. The molecule has 0 radical (unpaired) electrons. The molecule has 1 nitrogen and oxygen atoms in total. The fraction of sp³-hybridized carbons (Fsp3) is 0.333. The van der Waals surface area contributed by atoms with Gasteiger partial charge in [0.2, 0.25) is 0 Å². The van der Waals surface area contributed by atoms with Gasteiger partial charge in [-0.1, -0.05) is 23.7 Å². The molecule has 1 aromatic carbocycles. The number of para-hydroxylation sites is 1. The average molecular weight is 204 g/mol. The molecule has 1 heterocycles. The van der Waals surface area contributed by atoms with Crippen molar-refractivity contribution in [3.63, 3.8) is 0 Å². The van der Waals surface area contributed by atoms with Crippen molar-refractivity contribution >= 4 is 17.3 Å². The first-order valence-corrected chi connectivity index (χ1v) is 4.35. The normalized spacial score (nSPS) is 19.0. The lowest BCUT2D eigenvalue weighted by molar-refractivity contribution is 0.0130. The van der Waals surface area contributed by atoms with Crippen molar-refractivity contribution < 1.29 is 8.78 Å². The van der Waals surface area contributed by atoms with E-state index in [2.05, 4.69) is 5.32 Å². The summed E-state index contributed by atoms with van der Waals surface area (Å²) in [6, 6.07) is 5.04. The summed E-state index contributed by atoms with van der Waals surface area (Å²) < 4.78 is 25.8. The van der Waals surface area contributed by atoms with E-state index in [4.69, 9.17) is 11.6 Å². The minimum atomic E-state index is -2.66. The van der Waals surface area contributed by atoms with Crippen LogP contribution in [0.1, 0.15) is 5.56 Å². The van der Waals surface area contributed by atoms with Crippen LogP contribution in [0.25, 0.3) is 0 Å². The highest BCUT2D eigenvalue weighted by molar-refractivity contribution is 6.33. The smallest absolute Gasteiger partial charge is 0.269 e. The molecule has 4 heteroatoms. The highest BCUT2D eigenvalue weighted by atomic mass is 35.5. The van der Waals surface area contributed by atoms with E-state index in [9.17, 15) is 8.78 Å². The number of nitrogens with one attached hydrogen (secondary N) is 1. The Balaban J connectivity index is 2.42. The molecule has 13 heavy (non-hydrogen) atoms. The number of fused-ring (bicyclic) bond motifs is 1. The summed E-state index contributed by atoms with van der Waals surface area (Å²) in [5.41, 5.74) is 1.24. The predicted molar refractivity (Wildman–Crippen MR) is 48.6 cm³/mol. The zero-order valence-corrected chi connectivity index (χ0v) is 7.54. The summed E-state index contributed by atoms with van der Waals surface area (Å²) in [6.07, 6.45) is -0.226. The lowest BCUT2D eigenvalue weighted by atomic mass is 10.0. The second-order valence-corrected chi connectivity index (χ2v) is 3.57. The molecule has 1 aliphatic heterocycles. The molecule has 0 unspecified atom stereocenters. The average Bonchev–Trinajstić information content (AvgIpc) is 2.02. The minimum absolute atomic E-state index is 0.226. The Kier molecular flexibility index (Phi) is 1.91. The zero-order valence-electron chi connectivity index (χ0n) is 6.78. The van der Waals surface area contributed by atoms with Crippen LogP contribution in [-0.2, 0) is 6.42 Å². The lowest BCUT2D eigenvalue weighted by Crippen LogP contribution is -2.34. The number of rotatable bonds is 0. The van der Waals surface area contributed by atoms with Crippen molar-refractivity contribution in [3.8, 4) is 0 Å². The molecule has 0 saturated heterocycles. The number of halogens is 3. The summed E-state index contributed by atoms with van der Waals surface area (Å²) in [5.74, 6) is -2.66. The van der Waals surface area contributed by atoms with Crippen LogP contribution < -0.4 is 5.32 Å². The fourth-order valence-corrected chi connectivity index (χ4v) is 1.73. The van der Waals surface area contributed by atoms with E-state index in [1.807, 2.05) is 0 Å². The molecular formula is C9H8ClF2N. The molecule has 0 fully saturated rings. The quantitative estimate of drug-likeness (QED) is 0.684. The molecular weight excluding hydrogens is 196 g/mol. The van der Waals surface area contributed by atoms with E-state index < -0.39 is 5.92 Å². The maximum atomic E-state index is 12.9. The molecule has 0 aliphatic carbocycles. The predicted octanol–water partition coefficient (Wildman–Crippen LogP) is 2.94. The number of benzene rings is 1. The van der Waals surface area contributed by atoms with Crippen molar-refractivity contribution in [3.05, 3.63) is 28.8 Å². The second kappa shape index (κ2) is 2.84. The van der Waals surface area contributed by atoms with Crippen molar-refractivity contribution in [2.24, 2.45) is 0 Å². The Bertz CT molecular complexity index is 338. The van der Waals surface area contributed by atoms with Gasteiger partial charge in [0, 0.05) is 6.42 Å². The van der Waals surface area contributed by atoms with Crippen LogP contribution in [0.5, 0.6) is 0 Å². The van der Waals surface area contributed by atoms with Gasteiger partial charge in [-0.15, -0.1) is 0 Å². The van der Waals surface area contributed by atoms with Gasteiger partial charge in [0.25, 0.3) is 5.92 Å². The van der Waals surface area contributed by atoms with Crippen LogP contribution in [0.3, 0.4) is 0 Å². The topological polar surface area (TPSA) is 12.0 Å². The number of hydrogen-bond acceptors (Lipinski definition) is 1. The lowest BCUT2D eigenvalue weighted by Gasteiger charge is -2.26. The molecule has 0 spiro atoms. The molecule has 0 bridgehead atoms. The van der Waals surface area contributed by atoms with Crippen molar-refractivity contribution in [2.45, 2.75) is 12.3 Å². The summed E-state index contributed by atoms with van der Waals surface area (Å²) in [5, 5.41) is 3.15. The Labute approximate surface area is 79.7 Å². The third kappa shape index (κ3) is 1.61. The first-order chi connectivity index (χ1) is 6.08. The first kappa shape index (κ1) is 8.75. The van der Waals surface area contributed by atoms with E-state index in [0.717, 1.165) is 0 Å². The number of anilines is 1. The van der Waals surface area contributed by atoms with Crippen LogP contribution in [0.2, 0.25) is 5.02 Å². The van der Waals surface area contributed by atoms with Gasteiger partial charge in [-0.25, -0.2) is 8.78 Å². The highest BCUT2D eigenvalue weighted by Crippen LogP contribution is 2.34. The van der Waals surface area contributed by atoms with Crippen molar-refractivity contribution in [2.75, 3.05) is 11.9 Å². The van der Waals surface area contributed by atoms with E-state index in [0.29, 0.717) is 16.3 Å². The number of hydrogen-bond donors (Lipinski definition) is 1. The van der Waals surface area contributed by atoms with Gasteiger partial charge in [0.05, 0.1) is 17.3 Å². The van der Waals surface area contributed by atoms with Crippen molar-refractivity contribution in [1.82, 2.24) is 0 Å². The third-order valence-electron chi connectivity index (χ3n) is 2.07. The molecule has 0 aromatic heterocycles. The highest BCUT2D eigenvalue weighted by Gasteiger charge is 2.34. The van der Waals surface area contributed by atoms with Gasteiger partial charge in [-0.3, -0.25) is 0 Å². The second-order valence-electron chi connectivity index (χ2n) is 3.16. The van der Waals surface area contributed by atoms with E-state index in [1.54, 1.807) is 18.2 Å². The van der Waals surface area contributed by atoms with E-state index >= 15 is 0 Å². The molecule has 70 valence electrons. The van der Waals surface area contributed by atoms with Gasteiger partial charge in [-0.05, 0) is 11.6 Å². The Morgan fingerprint density at radius 1 is 1.38 bits per heavy atom. The van der Waals surface area contributed by atoms with Crippen LogP contribution in [0, 0.1) is 0 Å². The van der Waals surface area contributed by atoms with E-state index in [-0.39, 0.29) is 13.0 Å². The van der Waals surface area contributed by atoms with E-state index in [1.165, 1.54) is 0 Å². The van der Waals surface area contributed by atoms with Gasteiger partial charge in [-0.2, -0.15) is 0 Å². The summed E-state index contributed by atoms with van der Waals surface area (Å²) in [7, 11) is 0.